The molecule has 1 amide bonds. The lowest BCUT2D eigenvalue weighted by atomic mass is 10.1. The largest absolute Gasteiger partial charge is 0.493 e. The molecule has 0 saturated heterocycles. The minimum absolute atomic E-state index is 0. The van der Waals surface area contributed by atoms with Crippen LogP contribution in [0.3, 0.4) is 0 Å². The highest BCUT2D eigenvalue weighted by Crippen LogP contribution is 2.40. The summed E-state index contributed by atoms with van der Waals surface area (Å²) >= 11 is 0. The number of ether oxygens (including phenoxy) is 3. The van der Waals surface area contributed by atoms with Gasteiger partial charge >= 0.3 is 0 Å². The van der Waals surface area contributed by atoms with Crippen molar-refractivity contribution in [2.24, 2.45) is 11.7 Å². The van der Waals surface area contributed by atoms with E-state index < -0.39 is 0 Å². The number of carbonyl (C=O) groups excluding carboxylic acids is 1. The summed E-state index contributed by atoms with van der Waals surface area (Å²) in [5.74, 6) is 1.47. The third-order valence-corrected chi connectivity index (χ3v) is 3.78. The SMILES string of the molecule is COc1cc(NC(=O)C2CCC(N)C2)cc(OC)c1OC.Cl. The van der Waals surface area contributed by atoms with Gasteiger partial charge in [-0.3, -0.25) is 4.79 Å². The van der Waals surface area contributed by atoms with Crippen molar-refractivity contribution < 1.29 is 19.0 Å². The summed E-state index contributed by atoms with van der Waals surface area (Å²) < 4.78 is 15.8. The fourth-order valence-corrected chi connectivity index (χ4v) is 2.65. The zero-order valence-electron chi connectivity index (χ0n) is 13.0. The molecule has 1 aromatic carbocycles. The number of methoxy groups -OCH3 is 3. The lowest BCUT2D eigenvalue weighted by Crippen LogP contribution is -2.23. The lowest BCUT2D eigenvalue weighted by Gasteiger charge is -2.16. The molecular weight excluding hydrogens is 308 g/mol. The normalized spacial score (nSPS) is 20.0. The number of nitrogens with two attached hydrogens (primary N) is 1. The summed E-state index contributed by atoms with van der Waals surface area (Å²) in [5, 5.41) is 2.90. The number of anilines is 1. The van der Waals surface area contributed by atoms with Gasteiger partial charge in [-0.25, -0.2) is 0 Å². The zero-order chi connectivity index (χ0) is 15.4. The van der Waals surface area contributed by atoms with E-state index in [4.69, 9.17) is 19.9 Å². The Morgan fingerprint density at radius 1 is 1.14 bits per heavy atom. The molecular formula is C15H23ClN2O4. The Bertz CT molecular complexity index is 499. The van der Waals surface area contributed by atoms with E-state index in [1.54, 1.807) is 33.5 Å². The molecule has 22 heavy (non-hydrogen) atoms. The first-order chi connectivity index (χ1) is 10.1. The third-order valence-electron chi connectivity index (χ3n) is 3.78. The maximum absolute atomic E-state index is 12.2. The predicted octanol–water partition coefficient (Wildman–Crippen LogP) is 2.20. The molecule has 2 unspecified atom stereocenters. The van der Waals surface area contributed by atoms with Crippen molar-refractivity contribution in [3.05, 3.63) is 12.1 Å². The van der Waals surface area contributed by atoms with Gasteiger partial charge in [0.1, 0.15) is 0 Å². The van der Waals surface area contributed by atoms with Crippen LogP contribution in [0, 0.1) is 5.92 Å². The third kappa shape index (κ3) is 3.96. The average Bonchev–Trinajstić information content (AvgIpc) is 2.92. The summed E-state index contributed by atoms with van der Waals surface area (Å²) in [6.07, 6.45) is 2.46. The molecule has 7 heteroatoms. The van der Waals surface area contributed by atoms with E-state index in [2.05, 4.69) is 5.32 Å². The minimum atomic E-state index is -0.0286. The van der Waals surface area contributed by atoms with Crippen molar-refractivity contribution in [3.8, 4) is 17.2 Å². The smallest absolute Gasteiger partial charge is 0.227 e. The molecule has 0 bridgehead atoms. The van der Waals surface area contributed by atoms with Crippen LogP contribution in [0.5, 0.6) is 17.2 Å². The summed E-state index contributed by atoms with van der Waals surface area (Å²) in [6, 6.07) is 3.56. The van der Waals surface area contributed by atoms with E-state index in [-0.39, 0.29) is 30.3 Å². The second kappa shape index (κ2) is 8.10. The van der Waals surface area contributed by atoms with E-state index in [9.17, 15) is 4.79 Å². The second-order valence-corrected chi connectivity index (χ2v) is 5.17. The van der Waals surface area contributed by atoms with Crippen molar-refractivity contribution in [3.63, 3.8) is 0 Å². The average molecular weight is 331 g/mol. The number of rotatable bonds is 5. The van der Waals surface area contributed by atoms with Crippen LogP contribution in [0.15, 0.2) is 12.1 Å². The number of carbonyl (C=O) groups is 1. The molecule has 0 aromatic heterocycles. The molecule has 1 aromatic rings. The van der Waals surface area contributed by atoms with Crippen LogP contribution in [0.25, 0.3) is 0 Å². The number of benzene rings is 1. The van der Waals surface area contributed by atoms with Crippen LogP contribution in [-0.4, -0.2) is 33.3 Å². The first-order valence-corrected chi connectivity index (χ1v) is 6.95. The van der Waals surface area contributed by atoms with Crippen molar-refractivity contribution >= 4 is 24.0 Å². The van der Waals surface area contributed by atoms with Crippen molar-refractivity contribution in [1.29, 1.82) is 0 Å². The maximum atomic E-state index is 12.2. The number of hydrogen-bond donors (Lipinski definition) is 2. The summed E-state index contributed by atoms with van der Waals surface area (Å²) in [4.78, 5) is 12.2. The molecule has 2 atom stereocenters. The van der Waals surface area contributed by atoms with Gasteiger partial charge in [-0.2, -0.15) is 0 Å². The highest BCUT2D eigenvalue weighted by atomic mass is 35.5. The number of halogens is 1. The van der Waals surface area contributed by atoms with Gasteiger partial charge in [0, 0.05) is 29.8 Å². The monoisotopic (exact) mass is 330 g/mol. The Balaban J connectivity index is 0.00000242. The molecule has 0 radical (unpaired) electrons. The first kappa shape index (κ1) is 18.4. The molecule has 0 aliphatic heterocycles. The van der Waals surface area contributed by atoms with Gasteiger partial charge in [-0.15, -0.1) is 12.4 Å². The van der Waals surface area contributed by atoms with E-state index in [0.29, 0.717) is 22.9 Å². The predicted molar refractivity (Wildman–Crippen MR) is 87.3 cm³/mol. The van der Waals surface area contributed by atoms with Crippen molar-refractivity contribution in [2.75, 3.05) is 26.6 Å². The van der Waals surface area contributed by atoms with Crippen LogP contribution in [0.1, 0.15) is 19.3 Å². The fraction of sp³-hybridized carbons (Fsp3) is 0.533. The first-order valence-electron chi connectivity index (χ1n) is 6.95. The zero-order valence-corrected chi connectivity index (χ0v) is 13.9. The molecule has 124 valence electrons. The number of amides is 1. The van der Waals surface area contributed by atoms with Crippen LogP contribution in [-0.2, 0) is 4.79 Å². The molecule has 1 fully saturated rings. The number of nitrogens with one attached hydrogen (secondary N) is 1. The molecule has 2 rings (SSSR count). The highest BCUT2D eigenvalue weighted by Gasteiger charge is 2.28. The second-order valence-electron chi connectivity index (χ2n) is 5.17. The summed E-state index contributed by atoms with van der Waals surface area (Å²) in [5.41, 5.74) is 6.47. The quantitative estimate of drug-likeness (QED) is 0.864. The Morgan fingerprint density at radius 3 is 2.14 bits per heavy atom. The summed E-state index contributed by atoms with van der Waals surface area (Å²) in [7, 11) is 4.62. The van der Waals surface area contributed by atoms with Gasteiger partial charge in [-0.05, 0) is 19.3 Å². The van der Waals surface area contributed by atoms with E-state index in [0.717, 1.165) is 19.3 Å². The van der Waals surface area contributed by atoms with Gasteiger partial charge in [0.15, 0.2) is 11.5 Å². The number of hydrogen-bond acceptors (Lipinski definition) is 5. The van der Waals surface area contributed by atoms with E-state index in [1.165, 1.54) is 0 Å². The van der Waals surface area contributed by atoms with Crippen LogP contribution >= 0.6 is 12.4 Å². The summed E-state index contributed by atoms with van der Waals surface area (Å²) in [6.45, 7) is 0. The Hall–Kier alpha value is -1.66. The minimum Gasteiger partial charge on any atom is -0.493 e. The fourth-order valence-electron chi connectivity index (χ4n) is 2.65. The Morgan fingerprint density at radius 2 is 1.73 bits per heavy atom. The molecule has 1 aliphatic rings. The molecule has 0 heterocycles. The topological polar surface area (TPSA) is 82.8 Å². The molecule has 6 nitrogen and oxygen atoms in total. The van der Waals surface area contributed by atoms with Gasteiger partial charge < -0.3 is 25.3 Å². The molecule has 1 saturated carbocycles. The van der Waals surface area contributed by atoms with Crippen molar-refractivity contribution in [2.45, 2.75) is 25.3 Å². The standard InChI is InChI=1S/C15H22N2O4.ClH/c1-19-12-7-11(8-13(20-2)14(12)21-3)17-15(18)9-4-5-10(16)6-9;/h7-10H,4-6,16H2,1-3H3,(H,17,18);1H. The van der Waals surface area contributed by atoms with E-state index >= 15 is 0 Å². The highest BCUT2D eigenvalue weighted by molar-refractivity contribution is 5.93. The van der Waals surface area contributed by atoms with Gasteiger partial charge in [0.2, 0.25) is 11.7 Å². The molecule has 0 spiro atoms. The Labute approximate surface area is 136 Å². The van der Waals surface area contributed by atoms with Gasteiger partial charge in [0.05, 0.1) is 21.3 Å². The molecule has 1 aliphatic carbocycles. The van der Waals surface area contributed by atoms with Crippen LogP contribution in [0.2, 0.25) is 0 Å². The van der Waals surface area contributed by atoms with E-state index in [1.807, 2.05) is 0 Å². The van der Waals surface area contributed by atoms with Crippen LogP contribution in [0.4, 0.5) is 5.69 Å². The van der Waals surface area contributed by atoms with Gasteiger partial charge in [-0.1, -0.05) is 0 Å². The lowest BCUT2D eigenvalue weighted by molar-refractivity contribution is -0.119. The van der Waals surface area contributed by atoms with Crippen molar-refractivity contribution in [1.82, 2.24) is 0 Å². The maximum Gasteiger partial charge on any atom is 0.227 e. The molecule has 3 N–H and O–H groups in total. The van der Waals surface area contributed by atoms with Gasteiger partial charge in [0.25, 0.3) is 0 Å². The van der Waals surface area contributed by atoms with Crippen LogP contribution < -0.4 is 25.3 Å². The Kier molecular flexibility index (Phi) is 6.77.